The Kier molecular flexibility index (Phi) is 5.82. The van der Waals surface area contributed by atoms with Gasteiger partial charge >= 0.3 is 0 Å². The molecule has 0 radical (unpaired) electrons. The maximum absolute atomic E-state index is 9.25. The lowest BCUT2D eigenvalue weighted by Gasteiger charge is -2.37. The van der Waals surface area contributed by atoms with Crippen molar-refractivity contribution in [2.45, 2.75) is 32.7 Å². The predicted octanol–water partition coefficient (Wildman–Crippen LogP) is 2.29. The molecule has 1 aromatic rings. The van der Waals surface area contributed by atoms with Crippen LogP contribution < -0.4 is 9.64 Å². The third-order valence-corrected chi connectivity index (χ3v) is 3.79. The zero-order chi connectivity index (χ0) is 15.1. The van der Waals surface area contributed by atoms with E-state index in [4.69, 9.17) is 4.74 Å². The van der Waals surface area contributed by atoms with E-state index >= 15 is 0 Å². The van der Waals surface area contributed by atoms with Gasteiger partial charge in [0.05, 0.1) is 18.7 Å². The average molecular weight is 288 g/mol. The average Bonchev–Trinajstić information content (AvgIpc) is 2.53. The zero-order valence-electron chi connectivity index (χ0n) is 13.0. The van der Waals surface area contributed by atoms with Crippen molar-refractivity contribution in [3.63, 3.8) is 0 Å². The van der Waals surface area contributed by atoms with E-state index in [-0.39, 0.29) is 6.04 Å². The minimum absolute atomic E-state index is 0.0554. The second kappa shape index (κ2) is 7.84. The predicted molar refractivity (Wildman–Crippen MR) is 83.5 cm³/mol. The van der Waals surface area contributed by atoms with Gasteiger partial charge in [-0.25, -0.2) is 0 Å². The lowest BCUT2D eigenvalue weighted by molar-refractivity contribution is 0.211. The molecule has 1 aliphatic rings. The van der Waals surface area contributed by atoms with Crippen molar-refractivity contribution in [2.75, 3.05) is 37.7 Å². The first-order valence-electron chi connectivity index (χ1n) is 7.77. The van der Waals surface area contributed by atoms with Gasteiger partial charge in [0.1, 0.15) is 5.82 Å². The van der Waals surface area contributed by atoms with Crippen LogP contribution in [0.25, 0.3) is 0 Å². The zero-order valence-corrected chi connectivity index (χ0v) is 13.0. The fourth-order valence-corrected chi connectivity index (χ4v) is 2.67. The number of nitrogens with zero attached hydrogens (tertiary/aromatic N) is 4. The maximum Gasteiger partial charge on any atom is 0.215 e. The molecule has 1 fully saturated rings. The summed E-state index contributed by atoms with van der Waals surface area (Å²) in [5.74, 6) is 1.64. The van der Waals surface area contributed by atoms with Gasteiger partial charge in [-0.15, -0.1) is 0 Å². The molecule has 1 aliphatic heterocycles. The molecule has 21 heavy (non-hydrogen) atoms. The molecule has 0 saturated carbocycles. The monoisotopic (exact) mass is 288 g/mol. The van der Waals surface area contributed by atoms with Gasteiger partial charge in [-0.2, -0.15) is 10.2 Å². The highest BCUT2D eigenvalue weighted by Crippen LogP contribution is 2.19. The first-order chi connectivity index (χ1) is 10.3. The van der Waals surface area contributed by atoms with Gasteiger partial charge in [0.2, 0.25) is 5.88 Å². The molecule has 0 bridgehead atoms. The summed E-state index contributed by atoms with van der Waals surface area (Å²) in [4.78, 5) is 9.08. The Morgan fingerprint density at radius 1 is 1.29 bits per heavy atom. The topological polar surface area (TPSA) is 52.4 Å². The molecule has 0 aromatic carbocycles. The number of ether oxygens (including phenoxy) is 1. The van der Waals surface area contributed by atoms with Crippen LogP contribution in [0.3, 0.4) is 0 Å². The molecule has 5 nitrogen and oxygen atoms in total. The van der Waals surface area contributed by atoms with Crippen molar-refractivity contribution in [3.8, 4) is 11.9 Å². The lowest BCUT2D eigenvalue weighted by Crippen LogP contribution is -2.50. The first-order valence-corrected chi connectivity index (χ1v) is 7.77. The largest absolute Gasteiger partial charge is 0.478 e. The van der Waals surface area contributed by atoms with E-state index in [2.05, 4.69) is 27.8 Å². The van der Waals surface area contributed by atoms with Gasteiger partial charge in [-0.1, -0.05) is 19.4 Å². The van der Waals surface area contributed by atoms with E-state index in [1.807, 2.05) is 25.1 Å². The number of hydrogen-bond donors (Lipinski definition) is 0. The van der Waals surface area contributed by atoms with E-state index < -0.39 is 0 Å². The van der Waals surface area contributed by atoms with E-state index in [9.17, 15) is 5.26 Å². The number of aromatic nitrogens is 1. The van der Waals surface area contributed by atoms with Crippen LogP contribution in [0.2, 0.25) is 0 Å². The highest BCUT2D eigenvalue weighted by Gasteiger charge is 2.23. The molecule has 2 heterocycles. The van der Waals surface area contributed by atoms with Crippen LogP contribution in [-0.4, -0.2) is 48.7 Å². The van der Waals surface area contributed by atoms with Gasteiger partial charge in [0.25, 0.3) is 0 Å². The minimum atomic E-state index is 0.0554. The second-order valence-electron chi connectivity index (χ2n) is 5.22. The first kappa shape index (κ1) is 15.6. The summed E-state index contributed by atoms with van der Waals surface area (Å²) >= 11 is 0. The molecule has 1 aromatic heterocycles. The van der Waals surface area contributed by atoms with Crippen molar-refractivity contribution >= 4 is 5.82 Å². The number of hydrogen-bond acceptors (Lipinski definition) is 5. The van der Waals surface area contributed by atoms with Crippen LogP contribution in [0, 0.1) is 11.3 Å². The molecule has 0 N–H and O–H groups in total. The van der Waals surface area contributed by atoms with Gasteiger partial charge in [0.15, 0.2) is 0 Å². The molecule has 1 unspecified atom stereocenters. The van der Waals surface area contributed by atoms with Crippen LogP contribution in [-0.2, 0) is 0 Å². The highest BCUT2D eigenvalue weighted by atomic mass is 16.5. The molecular weight excluding hydrogens is 264 g/mol. The van der Waals surface area contributed by atoms with E-state index in [0.29, 0.717) is 12.5 Å². The summed E-state index contributed by atoms with van der Waals surface area (Å²) in [6.07, 6.45) is 2.00. The van der Waals surface area contributed by atoms with Crippen molar-refractivity contribution in [1.82, 2.24) is 9.88 Å². The van der Waals surface area contributed by atoms with Gasteiger partial charge in [-0.05, 0) is 19.4 Å². The summed E-state index contributed by atoms with van der Waals surface area (Å²) in [6, 6.07) is 8.37. The van der Waals surface area contributed by atoms with Crippen molar-refractivity contribution < 1.29 is 4.74 Å². The molecule has 1 atom stereocenters. The third kappa shape index (κ3) is 4.08. The second-order valence-corrected chi connectivity index (χ2v) is 5.22. The fraction of sp³-hybridized carbons (Fsp3) is 0.625. The number of anilines is 1. The van der Waals surface area contributed by atoms with Crippen LogP contribution in [0.4, 0.5) is 5.82 Å². The fourth-order valence-electron chi connectivity index (χ4n) is 2.67. The summed E-state index contributed by atoms with van der Waals surface area (Å²) in [7, 11) is 0. The summed E-state index contributed by atoms with van der Waals surface area (Å²) in [5, 5.41) is 9.25. The Bertz CT molecular complexity index is 477. The number of pyridine rings is 1. The molecule has 5 heteroatoms. The maximum atomic E-state index is 9.25. The standard InChI is InChI=1S/C16H24N4O/c1-3-6-14(13-17)19-9-11-20(12-10-19)15-7-5-8-16(18-15)21-4-2/h5,7-8,14H,3-4,6,9-12H2,1-2H3. The normalized spacial score (nSPS) is 17.3. The molecule has 1 saturated heterocycles. The Hall–Kier alpha value is -1.80. The van der Waals surface area contributed by atoms with Gasteiger partial charge in [-0.3, -0.25) is 4.90 Å². The lowest BCUT2D eigenvalue weighted by atomic mass is 10.1. The third-order valence-electron chi connectivity index (χ3n) is 3.79. The highest BCUT2D eigenvalue weighted by molar-refractivity contribution is 5.41. The van der Waals surface area contributed by atoms with Crippen LogP contribution in [0.15, 0.2) is 18.2 Å². The summed E-state index contributed by atoms with van der Waals surface area (Å²) in [6.45, 7) is 8.37. The van der Waals surface area contributed by atoms with E-state index in [0.717, 1.165) is 44.8 Å². The Morgan fingerprint density at radius 2 is 2.05 bits per heavy atom. The molecule has 0 aliphatic carbocycles. The van der Waals surface area contributed by atoms with Crippen LogP contribution in [0.5, 0.6) is 5.88 Å². The summed E-state index contributed by atoms with van der Waals surface area (Å²) < 4.78 is 5.45. The van der Waals surface area contributed by atoms with Crippen molar-refractivity contribution in [2.24, 2.45) is 0 Å². The van der Waals surface area contributed by atoms with E-state index in [1.54, 1.807) is 0 Å². The molecule has 2 rings (SSSR count). The minimum Gasteiger partial charge on any atom is -0.478 e. The quantitative estimate of drug-likeness (QED) is 0.804. The molecule has 0 amide bonds. The Labute approximate surface area is 127 Å². The Morgan fingerprint density at radius 3 is 2.67 bits per heavy atom. The SMILES string of the molecule is CCCC(C#N)N1CCN(c2cccc(OCC)n2)CC1. The van der Waals surface area contributed by atoms with Crippen LogP contribution >= 0.6 is 0 Å². The summed E-state index contributed by atoms with van der Waals surface area (Å²) in [5.41, 5.74) is 0. The Balaban J connectivity index is 1.94. The molecular formula is C16H24N4O. The number of piperazine rings is 1. The van der Waals surface area contributed by atoms with Crippen molar-refractivity contribution in [1.29, 1.82) is 5.26 Å². The van der Waals surface area contributed by atoms with Crippen LogP contribution in [0.1, 0.15) is 26.7 Å². The smallest absolute Gasteiger partial charge is 0.215 e. The van der Waals surface area contributed by atoms with Gasteiger partial charge in [0, 0.05) is 32.2 Å². The number of rotatable bonds is 6. The van der Waals surface area contributed by atoms with Crippen molar-refractivity contribution in [3.05, 3.63) is 18.2 Å². The van der Waals surface area contributed by atoms with E-state index in [1.165, 1.54) is 0 Å². The van der Waals surface area contributed by atoms with Gasteiger partial charge < -0.3 is 9.64 Å². The number of nitriles is 1. The molecule has 0 spiro atoms. The molecule has 114 valence electrons.